The van der Waals surface area contributed by atoms with E-state index in [1.54, 1.807) is 0 Å². The number of hydrogen-bond acceptors (Lipinski definition) is 1. The minimum absolute atomic E-state index is 0.0885. The molecule has 11 heavy (non-hydrogen) atoms. The first kappa shape index (κ1) is 8.25. The summed E-state index contributed by atoms with van der Waals surface area (Å²) in [5.74, 6) is 0.438. The standard InChI is InChI=1S/C10H14O/c1-10(2,7-8-11)9-5-3-4-6-9/h3-6,8-9H,7H2,1-2H3. The van der Waals surface area contributed by atoms with Gasteiger partial charge < -0.3 is 4.79 Å². The lowest BCUT2D eigenvalue weighted by atomic mass is 9.77. The van der Waals surface area contributed by atoms with Crippen molar-refractivity contribution in [2.45, 2.75) is 20.3 Å². The smallest absolute Gasteiger partial charge is 0.120 e. The van der Waals surface area contributed by atoms with Gasteiger partial charge in [-0.15, -0.1) is 0 Å². The molecule has 0 unspecified atom stereocenters. The number of carbonyl (C=O) groups excluding carboxylic acids is 1. The summed E-state index contributed by atoms with van der Waals surface area (Å²) in [6.45, 7) is 4.23. The quantitative estimate of drug-likeness (QED) is 0.564. The molecule has 0 fully saturated rings. The third-order valence-electron chi connectivity index (χ3n) is 2.26. The van der Waals surface area contributed by atoms with Crippen LogP contribution in [0.2, 0.25) is 0 Å². The Labute approximate surface area is 67.8 Å². The fourth-order valence-corrected chi connectivity index (χ4v) is 1.30. The van der Waals surface area contributed by atoms with E-state index in [0.29, 0.717) is 12.3 Å². The second-order valence-corrected chi connectivity index (χ2v) is 3.65. The van der Waals surface area contributed by atoms with Crippen molar-refractivity contribution in [3.05, 3.63) is 24.3 Å². The molecule has 0 amide bonds. The Morgan fingerprint density at radius 2 is 1.91 bits per heavy atom. The molecule has 0 bridgehead atoms. The number of carbonyl (C=O) groups is 1. The molecule has 1 aliphatic carbocycles. The first-order valence-corrected chi connectivity index (χ1v) is 3.95. The predicted octanol–water partition coefficient (Wildman–Crippen LogP) is 2.34. The predicted molar refractivity (Wildman–Crippen MR) is 46.2 cm³/mol. The fourth-order valence-electron chi connectivity index (χ4n) is 1.30. The van der Waals surface area contributed by atoms with Gasteiger partial charge in [0.25, 0.3) is 0 Å². The fraction of sp³-hybridized carbons (Fsp3) is 0.500. The van der Waals surface area contributed by atoms with Crippen molar-refractivity contribution in [3.8, 4) is 0 Å². The highest BCUT2D eigenvalue weighted by Crippen LogP contribution is 2.33. The summed E-state index contributed by atoms with van der Waals surface area (Å²) in [7, 11) is 0. The van der Waals surface area contributed by atoms with E-state index < -0.39 is 0 Å². The molecule has 1 heteroatoms. The molecule has 0 spiro atoms. The molecule has 0 saturated heterocycles. The number of rotatable bonds is 3. The molecule has 0 N–H and O–H groups in total. The van der Waals surface area contributed by atoms with Crippen molar-refractivity contribution >= 4 is 6.29 Å². The lowest BCUT2D eigenvalue weighted by Gasteiger charge is -2.26. The summed E-state index contributed by atoms with van der Waals surface area (Å²) in [6.07, 6.45) is 9.99. The van der Waals surface area contributed by atoms with Crippen LogP contribution in [0.1, 0.15) is 20.3 Å². The first-order valence-electron chi connectivity index (χ1n) is 3.95. The molecule has 0 aromatic rings. The average molecular weight is 150 g/mol. The zero-order valence-corrected chi connectivity index (χ0v) is 7.08. The normalized spacial score (nSPS) is 17.6. The zero-order valence-electron chi connectivity index (χ0n) is 7.08. The largest absolute Gasteiger partial charge is 0.303 e. The lowest BCUT2D eigenvalue weighted by Crippen LogP contribution is -2.20. The van der Waals surface area contributed by atoms with Crippen LogP contribution >= 0.6 is 0 Å². The molecule has 0 saturated carbocycles. The van der Waals surface area contributed by atoms with Crippen molar-refractivity contribution in [3.63, 3.8) is 0 Å². The van der Waals surface area contributed by atoms with Crippen LogP contribution in [0.3, 0.4) is 0 Å². The maximum atomic E-state index is 10.3. The van der Waals surface area contributed by atoms with Crippen LogP contribution in [0.4, 0.5) is 0 Å². The van der Waals surface area contributed by atoms with Gasteiger partial charge in [-0.05, 0) is 5.41 Å². The second-order valence-electron chi connectivity index (χ2n) is 3.65. The summed E-state index contributed by atoms with van der Waals surface area (Å²) < 4.78 is 0. The van der Waals surface area contributed by atoms with Crippen molar-refractivity contribution < 1.29 is 4.79 Å². The van der Waals surface area contributed by atoms with E-state index in [-0.39, 0.29) is 5.41 Å². The summed E-state index contributed by atoms with van der Waals surface area (Å²) >= 11 is 0. The zero-order chi connectivity index (χ0) is 8.32. The van der Waals surface area contributed by atoms with Crippen LogP contribution in [0.5, 0.6) is 0 Å². The van der Waals surface area contributed by atoms with Gasteiger partial charge in [-0.2, -0.15) is 0 Å². The number of allylic oxidation sites excluding steroid dienone is 4. The van der Waals surface area contributed by atoms with Crippen LogP contribution in [-0.4, -0.2) is 6.29 Å². The topological polar surface area (TPSA) is 17.1 Å². The Morgan fingerprint density at radius 3 is 2.36 bits per heavy atom. The van der Waals surface area contributed by atoms with Crippen LogP contribution in [0, 0.1) is 11.3 Å². The van der Waals surface area contributed by atoms with Crippen LogP contribution in [0.25, 0.3) is 0 Å². The highest BCUT2D eigenvalue weighted by Gasteiger charge is 2.25. The Hall–Kier alpha value is -0.850. The molecule has 0 heterocycles. The lowest BCUT2D eigenvalue weighted by molar-refractivity contribution is -0.109. The van der Waals surface area contributed by atoms with Crippen molar-refractivity contribution in [1.29, 1.82) is 0 Å². The van der Waals surface area contributed by atoms with Gasteiger partial charge in [0, 0.05) is 12.3 Å². The van der Waals surface area contributed by atoms with Crippen LogP contribution in [0.15, 0.2) is 24.3 Å². The molecule has 0 aromatic heterocycles. The molecule has 60 valence electrons. The van der Waals surface area contributed by atoms with E-state index in [2.05, 4.69) is 26.0 Å². The van der Waals surface area contributed by atoms with E-state index in [4.69, 9.17) is 0 Å². The molecule has 1 nitrogen and oxygen atoms in total. The third-order valence-corrected chi connectivity index (χ3v) is 2.26. The van der Waals surface area contributed by atoms with Gasteiger partial charge in [0.2, 0.25) is 0 Å². The molecule has 1 aliphatic rings. The summed E-state index contributed by atoms with van der Waals surface area (Å²) in [6, 6.07) is 0. The Balaban J connectivity index is 2.63. The monoisotopic (exact) mass is 150 g/mol. The molecular weight excluding hydrogens is 136 g/mol. The molecule has 1 rings (SSSR count). The Morgan fingerprint density at radius 1 is 1.36 bits per heavy atom. The van der Waals surface area contributed by atoms with Gasteiger partial charge in [0.1, 0.15) is 6.29 Å². The minimum Gasteiger partial charge on any atom is -0.303 e. The molecule has 0 radical (unpaired) electrons. The maximum absolute atomic E-state index is 10.3. The number of aldehydes is 1. The van der Waals surface area contributed by atoms with E-state index >= 15 is 0 Å². The van der Waals surface area contributed by atoms with E-state index in [0.717, 1.165) is 6.29 Å². The molecule has 0 aliphatic heterocycles. The van der Waals surface area contributed by atoms with Crippen LogP contribution in [-0.2, 0) is 4.79 Å². The molecule has 0 aromatic carbocycles. The SMILES string of the molecule is CC(C)(CC=O)C1C=CC=C1. The van der Waals surface area contributed by atoms with Crippen molar-refractivity contribution in [2.24, 2.45) is 11.3 Å². The van der Waals surface area contributed by atoms with E-state index in [9.17, 15) is 4.79 Å². The van der Waals surface area contributed by atoms with Gasteiger partial charge in [-0.25, -0.2) is 0 Å². The van der Waals surface area contributed by atoms with Gasteiger partial charge in [0.15, 0.2) is 0 Å². The van der Waals surface area contributed by atoms with Crippen molar-refractivity contribution in [1.82, 2.24) is 0 Å². The second kappa shape index (κ2) is 3.04. The molecule has 0 atom stereocenters. The number of hydrogen-bond donors (Lipinski definition) is 0. The van der Waals surface area contributed by atoms with Gasteiger partial charge in [-0.3, -0.25) is 0 Å². The van der Waals surface area contributed by atoms with Crippen LogP contribution < -0.4 is 0 Å². The van der Waals surface area contributed by atoms with Gasteiger partial charge >= 0.3 is 0 Å². The maximum Gasteiger partial charge on any atom is 0.120 e. The minimum atomic E-state index is 0.0885. The highest BCUT2D eigenvalue weighted by molar-refractivity contribution is 5.51. The summed E-state index contributed by atoms with van der Waals surface area (Å²) in [5, 5.41) is 0. The average Bonchev–Trinajstić information content (AvgIpc) is 2.37. The van der Waals surface area contributed by atoms with Gasteiger partial charge in [-0.1, -0.05) is 38.2 Å². The van der Waals surface area contributed by atoms with Gasteiger partial charge in [0.05, 0.1) is 0 Å². The highest BCUT2D eigenvalue weighted by atomic mass is 16.1. The van der Waals surface area contributed by atoms with Crippen molar-refractivity contribution in [2.75, 3.05) is 0 Å². The summed E-state index contributed by atoms with van der Waals surface area (Å²) in [4.78, 5) is 10.3. The Kier molecular flexibility index (Phi) is 2.28. The summed E-state index contributed by atoms with van der Waals surface area (Å²) in [5.41, 5.74) is 0.0885. The third kappa shape index (κ3) is 1.79. The van der Waals surface area contributed by atoms with E-state index in [1.807, 2.05) is 12.2 Å². The van der Waals surface area contributed by atoms with E-state index in [1.165, 1.54) is 0 Å². The first-order chi connectivity index (χ1) is 5.17. The Bertz CT molecular complexity index is 187. The molecular formula is C10H14O.